The molecular formula is C32H29FN2O6S. The van der Waals surface area contributed by atoms with Crippen molar-refractivity contribution in [3.05, 3.63) is 124 Å². The molecule has 0 radical (unpaired) electrons. The molecule has 0 aliphatic rings. The lowest BCUT2D eigenvalue weighted by Gasteiger charge is -2.27. The third kappa shape index (κ3) is 6.41. The summed E-state index contributed by atoms with van der Waals surface area (Å²) in [6.45, 7) is -0.637. The van der Waals surface area contributed by atoms with Crippen molar-refractivity contribution in [3.8, 4) is 0 Å². The molecule has 1 aromatic heterocycles. The second kappa shape index (κ2) is 12.6. The summed E-state index contributed by atoms with van der Waals surface area (Å²) < 4.78 is 53.0. The van der Waals surface area contributed by atoms with Crippen LogP contribution in [0.15, 0.2) is 111 Å². The number of para-hydroxylation sites is 1. The summed E-state index contributed by atoms with van der Waals surface area (Å²) in [5.41, 5.74) is 0.949. The van der Waals surface area contributed by atoms with E-state index in [0.29, 0.717) is 16.5 Å². The van der Waals surface area contributed by atoms with Gasteiger partial charge in [0.15, 0.2) is 5.43 Å². The largest absolute Gasteiger partial charge is 0.464 e. The summed E-state index contributed by atoms with van der Waals surface area (Å²) in [6.07, 6.45) is 1.31. The minimum absolute atomic E-state index is 0.0134. The summed E-state index contributed by atoms with van der Waals surface area (Å²) in [6, 6.07) is 24.6. The molecule has 0 spiro atoms. The lowest BCUT2D eigenvalue weighted by atomic mass is 10.1. The molecule has 5 rings (SSSR count). The number of benzene rings is 4. The maximum Gasteiger partial charge on any atom is 0.243 e. The van der Waals surface area contributed by atoms with Crippen LogP contribution in [0.25, 0.3) is 21.7 Å². The number of rotatable bonds is 11. The van der Waals surface area contributed by atoms with E-state index >= 15 is 0 Å². The number of carbonyl (C=O) groups is 1. The summed E-state index contributed by atoms with van der Waals surface area (Å²) in [5, 5.41) is 2.00. The summed E-state index contributed by atoms with van der Waals surface area (Å²) in [5.74, 6) is -0.980. The van der Waals surface area contributed by atoms with Gasteiger partial charge in [0, 0.05) is 20.2 Å². The van der Waals surface area contributed by atoms with Gasteiger partial charge >= 0.3 is 0 Å². The van der Waals surface area contributed by atoms with Crippen LogP contribution < -0.4 is 5.43 Å². The number of fused-ring (bicyclic) bond motifs is 2. The number of hydrogen-bond acceptors (Lipinski definition) is 6. The molecule has 0 saturated heterocycles. The lowest BCUT2D eigenvalue weighted by Crippen LogP contribution is -2.44. The van der Waals surface area contributed by atoms with E-state index in [1.54, 1.807) is 36.4 Å². The Bertz CT molecular complexity index is 1890. The molecule has 0 saturated carbocycles. The molecule has 0 unspecified atom stereocenters. The molecule has 0 atom stereocenters. The first-order chi connectivity index (χ1) is 20.3. The van der Waals surface area contributed by atoms with E-state index in [9.17, 15) is 22.4 Å². The molecular weight excluding hydrogens is 559 g/mol. The first kappa shape index (κ1) is 29.1. The second-order valence-corrected chi connectivity index (χ2v) is 11.7. The van der Waals surface area contributed by atoms with Gasteiger partial charge in [0.1, 0.15) is 11.4 Å². The summed E-state index contributed by atoms with van der Waals surface area (Å²) >= 11 is 0. The van der Waals surface area contributed by atoms with Crippen LogP contribution in [-0.2, 0) is 32.6 Å². The normalized spacial score (nSPS) is 11.8. The van der Waals surface area contributed by atoms with Gasteiger partial charge in [-0.2, -0.15) is 4.31 Å². The Hall–Kier alpha value is -4.38. The number of halogens is 1. The standard InChI is InChI=1S/C32H29FN2O6S/c1-40-17-16-35(42(38,39)28-15-12-24-6-2-3-7-25(24)18-28)21-31(36)34(19-23-10-13-27(33)14-11-23)20-26-22-41-30-9-5-4-8-29(30)32(26)37/h2-15,18,22H,16-17,19-21H2,1H3. The van der Waals surface area contributed by atoms with Crippen molar-refractivity contribution in [1.29, 1.82) is 0 Å². The highest BCUT2D eigenvalue weighted by Crippen LogP contribution is 2.23. The molecule has 8 nitrogen and oxygen atoms in total. The van der Waals surface area contributed by atoms with Gasteiger partial charge in [0.2, 0.25) is 15.9 Å². The van der Waals surface area contributed by atoms with Gasteiger partial charge in [-0.1, -0.05) is 54.6 Å². The minimum Gasteiger partial charge on any atom is -0.464 e. The van der Waals surface area contributed by atoms with E-state index in [-0.39, 0.29) is 42.1 Å². The van der Waals surface area contributed by atoms with Crippen LogP contribution in [-0.4, -0.2) is 50.3 Å². The van der Waals surface area contributed by atoms with Crippen LogP contribution in [0.2, 0.25) is 0 Å². The zero-order valence-corrected chi connectivity index (χ0v) is 23.7. The average molecular weight is 589 g/mol. The van der Waals surface area contributed by atoms with Gasteiger partial charge < -0.3 is 14.1 Å². The van der Waals surface area contributed by atoms with E-state index in [2.05, 4.69) is 0 Å². The van der Waals surface area contributed by atoms with Gasteiger partial charge in [0.25, 0.3) is 0 Å². The van der Waals surface area contributed by atoms with Crippen LogP contribution in [0, 0.1) is 5.82 Å². The number of sulfonamides is 1. The first-order valence-corrected chi connectivity index (χ1v) is 14.7. The van der Waals surface area contributed by atoms with Gasteiger partial charge in [0.05, 0.1) is 41.8 Å². The number of ether oxygens (including phenoxy) is 1. The van der Waals surface area contributed by atoms with E-state index in [4.69, 9.17) is 9.15 Å². The number of carbonyl (C=O) groups excluding carboxylic acids is 1. The van der Waals surface area contributed by atoms with Crippen molar-refractivity contribution in [1.82, 2.24) is 9.21 Å². The van der Waals surface area contributed by atoms with Crippen LogP contribution in [0.3, 0.4) is 0 Å². The molecule has 1 amide bonds. The molecule has 1 heterocycles. The van der Waals surface area contributed by atoms with Crippen molar-refractivity contribution in [2.24, 2.45) is 0 Å². The minimum atomic E-state index is -4.11. The van der Waals surface area contributed by atoms with Gasteiger partial charge in [-0.15, -0.1) is 0 Å². The maximum atomic E-state index is 13.8. The van der Waals surface area contributed by atoms with Crippen molar-refractivity contribution in [3.63, 3.8) is 0 Å². The number of nitrogens with zero attached hydrogens (tertiary/aromatic N) is 2. The quantitative estimate of drug-likeness (QED) is 0.217. The fraction of sp³-hybridized carbons (Fsp3) is 0.188. The SMILES string of the molecule is COCCN(CC(=O)N(Cc1ccc(F)cc1)Cc1coc2ccccc2c1=O)S(=O)(=O)c1ccc2ccccc2c1. The molecule has 4 aromatic carbocycles. The van der Waals surface area contributed by atoms with E-state index in [1.807, 2.05) is 24.3 Å². The smallest absolute Gasteiger partial charge is 0.243 e. The second-order valence-electron chi connectivity index (χ2n) is 9.80. The molecule has 0 N–H and O–H groups in total. The Kier molecular flexibility index (Phi) is 8.77. The fourth-order valence-electron chi connectivity index (χ4n) is 4.68. The summed E-state index contributed by atoms with van der Waals surface area (Å²) in [7, 11) is -2.66. The Labute approximate surface area is 242 Å². The molecule has 10 heteroatoms. The summed E-state index contributed by atoms with van der Waals surface area (Å²) in [4.78, 5) is 28.5. The Balaban J connectivity index is 1.47. The van der Waals surface area contributed by atoms with Gasteiger partial charge in [-0.3, -0.25) is 9.59 Å². The predicted molar refractivity (Wildman–Crippen MR) is 158 cm³/mol. The Morgan fingerprint density at radius 2 is 1.62 bits per heavy atom. The molecule has 5 aromatic rings. The van der Waals surface area contributed by atoms with E-state index in [0.717, 1.165) is 15.1 Å². The number of hydrogen-bond donors (Lipinski definition) is 0. The van der Waals surface area contributed by atoms with E-state index in [1.165, 1.54) is 48.6 Å². The van der Waals surface area contributed by atoms with E-state index < -0.39 is 28.3 Å². The van der Waals surface area contributed by atoms with Crippen LogP contribution in [0.1, 0.15) is 11.1 Å². The molecule has 0 aliphatic heterocycles. The van der Waals surface area contributed by atoms with Crippen LogP contribution >= 0.6 is 0 Å². The maximum absolute atomic E-state index is 13.8. The highest BCUT2D eigenvalue weighted by Gasteiger charge is 2.29. The van der Waals surface area contributed by atoms with Gasteiger partial charge in [-0.25, -0.2) is 12.8 Å². The molecule has 0 bridgehead atoms. The topological polar surface area (TPSA) is 97.1 Å². The average Bonchev–Trinajstić information content (AvgIpc) is 3.00. The first-order valence-electron chi connectivity index (χ1n) is 13.3. The highest BCUT2D eigenvalue weighted by atomic mass is 32.2. The van der Waals surface area contributed by atoms with Gasteiger partial charge in [-0.05, 0) is 52.7 Å². The monoisotopic (exact) mass is 588 g/mol. The Morgan fingerprint density at radius 3 is 2.38 bits per heavy atom. The molecule has 0 aliphatic carbocycles. The van der Waals surface area contributed by atoms with Crippen molar-refractivity contribution >= 4 is 37.7 Å². The number of methoxy groups -OCH3 is 1. The lowest BCUT2D eigenvalue weighted by molar-refractivity contribution is -0.132. The fourth-order valence-corrected chi connectivity index (χ4v) is 6.09. The zero-order valence-electron chi connectivity index (χ0n) is 22.9. The third-order valence-corrected chi connectivity index (χ3v) is 8.81. The molecule has 42 heavy (non-hydrogen) atoms. The predicted octanol–water partition coefficient (Wildman–Crippen LogP) is 4.95. The zero-order chi connectivity index (χ0) is 29.7. The van der Waals surface area contributed by atoms with Crippen LogP contribution in [0.4, 0.5) is 4.39 Å². The highest BCUT2D eigenvalue weighted by molar-refractivity contribution is 7.89. The third-order valence-electron chi connectivity index (χ3n) is 6.97. The van der Waals surface area contributed by atoms with Crippen molar-refractivity contribution < 1.29 is 26.8 Å². The number of amides is 1. The Morgan fingerprint density at radius 1 is 0.905 bits per heavy atom. The molecule has 216 valence electrons. The van der Waals surface area contributed by atoms with Crippen molar-refractivity contribution in [2.75, 3.05) is 26.8 Å². The van der Waals surface area contributed by atoms with Crippen molar-refractivity contribution in [2.45, 2.75) is 18.0 Å². The molecule has 0 fully saturated rings. The van der Waals surface area contributed by atoms with Crippen LogP contribution in [0.5, 0.6) is 0 Å².